The molecule has 1 aromatic heterocycles. The normalized spacial score (nSPS) is 13.2. The maximum absolute atomic E-state index is 5.57. The second kappa shape index (κ2) is 8.26. The number of aromatic nitrogens is 2. The average Bonchev–Trinajstić information content (AvgIpc) is 2.83. The number of benzene rings is 3. The molecule has 3 aromatic carbocycles. The van der Waals surface area contributed by atoms with E-state index < -0.39 is 0 Å². The van der Waals surface area contributed by atoms with Crippen LogP contribution in [-0.2, 0) is 19.4 Å². The molecule has 0 aliphatic carbocycles. The summed E-state index contributed by atoms with van der Waals surface area (Å²) in [4.78, 5) is 12.3. The minimum absolute atomic E-state index is 0.675. The lowest BCUT2D eigenvalue weighted by Crippen LogP contribution is -2.31. The van der Waals surface area contributed by atoms with E-state index in [1.165, 1.54) is 16.7 Å². The third kappa shape index (κ3) is 3.79. The summed E-state index contributed by atoms with van der Waals surface area (Å²) in [5.41, 5.74) is 4.83. The predicted molar refractivity (Wildman–Crippen MR) is 123 cm³/mol. The van der Waals surface area contributed by atoms with Crippen molar-refractivity contribution in [2.45, 2.75) is 19.4 Å². The van der Waals surface area contributed by atoms with Crippen molar-refractivity contribution in [3.63, 3.8) is 0 Å². The summed E-state index contributed by atoms with van der Waals surface area (Å²) in [5, 5.41) is 0.980. The molecule has 0 N–H and O–H groups in total. The molecule has 0 spiro atoms. The maximum Gasteiger partial charge on any atom is 0.162 e. The summed E-state index contributed by atoms with van der Waals surface area (Å²) in [6.07, 6.45) is 1.69. The van der Waals surface area contributed by atoms with Gasteiger partial charge in [0.05, 0.1) is 19.7 Å². The molecular formula is C26H25N3O2. The zero-order valence-corrected chi connectivity index (χ0v) is 17.8. The molecule has 156 valence electrons. The largest absolute Gasteiger partial charge is 0.493 e. The Morgan fingerprint density at radius 3 is 2.32 bits per heavy atom. The molecule has 0 bridgehead atoms. The zero-order chi connectivity index (χ0) is 21.2. The van der Waals surface area contributed by atoms with Crippen LogP contribution in [0.4, 0.5) is 5.82 Å². The summed E-state index contributed by atoms with van der Waals surface area (Å²) in [6.45, 7) is 1.75. The third-order valence-electron chi connectivity index (χ3n) is 5.86. The maximum atomic E-state index is 5.57. The van der Waals surface area contributed by atoms with Gasteiger partial charge in [0.25, 0.3) is 0 Å². The molecule has 1 aliphatic heterocycles. The Morgan fingerprint density at radius 2 is 1.55 bits per heavy atom. The fraction of sp³-hybridized carbons (Fsp3) is 0.231. The molecule has 2 heterocycles. The van der Waals surface area contributed by atoms with Gasteiger partial charge in [0.2, 0.25) is 0 Å². The Kier molecular flexibility index (Phi) is 5.16. The Hall–Kier alpha value is -3.60. The van der Waals surface area contributed by atoms with Crippen LogP contribution in [-0.4, -0.2) is 30.7 Å². The van der Waals surface area contributed by atoms with Crippen LogP contribution in [0.2, 0.25) is 0 Å². The van der Waals surface area contributed by atoms with Gasteiger partial charge in [-0.05, 0) is 29.2 Å². The Morgan fingerprint density at radius 1 is 0.839 bits per heavy atom. The SMILES string of the molecule is COc1cc2nc(Cc3ccccc3)nc(N3CCc4ccccc4C3)c2cc1OC. The number of ether oxygens (including phenoxy) is 2. The molecule has 0 saturated carbocycles. The molecular weight excluding hydrogens is 386 g/mol. The minimum atomic E-state index is 0.675. The average molecular weight is 412 g/mol. The standard InChI is InChI=1S/C26H25N3O2/c1-30-23-15-21-22(16-24(23)31-2)27-25(14-18-8-4-3-5-9-18)28-26(21)29-13-12-19-10-6-7-11-20(19)17-29/h3-11,15-16H,12-14,17H2,1-2H3. The molecule has 0 unspecified atom stereocenters. The topological polar surface area (TPSA) is 47.5 Å². The molecule has 4 aromatic rings. The highest BCUT2D eigenvalue weighted by molar-refractivity contribution is 5.92. The van der Waals surface area contributed by atoms with Crippen LogP contribution in [0.25, 0.3) is 10.9 Å². The first-order valence-corrected chi connectivity index (χ1v) is 10.5. The second-order valence-corrected chi connectivity index (χ2v) is 7.79. The van der Waals surface area contributed by atoms with Gasteiger partial charge in [-0.3, -0.25) is 0 Å². The van der Waals surface area contributed by atoms with Crippen molar-refractivity contribution in [2.24, 2.45) is 0 Å². The van der Waals surface area contributed by atoms with Crippen molar-refractivity contribution >= 4 is 16.7 Å². The van der Waals surface area contributed by atoms with E-state index in [0.717, 1.165) is 42.1 Å². The van der Waals surface area contributed by atoms with E-state index >= 15 is 0 Å². The van der Waals surface area contributed by atoms with Gasteiger partial charge < -0.3 is 14.4 Å². The van der Waals surface area contributed by atoms with Crippen LogP contribution in [0.3, 0.4) is 0 Å². The lowest BCUT2D eigenvalue weighted by molar-refractivity contribution is 0.355. The van der Waals surface area contributed by atoms with Crippen molar-refractivity contribution in [2.75, 3.05) is 25.7 Å². The number of fused-ring (bicyclic) bond motifs is 2. The van der Waals surface area contributed by atoms with E-state index in [1.54, 1.807) is 14.2 Å². The van der Waals surface area contributed by atoms with E-state index in [-0.39, 0.29) is 0 Å². The molecule has 1 aliphatic rings. The Balaban J connectivity index is 1.63. The van der Waals surface area contributed by atoms with Crippen LogP contribution in [0.1, 0.15) is 22.5 Å². The molecule has 5 nitrogen and oxygen atoms in total. The first kappa shape index (κ1) is 19.4. The van der Waals surface area contributed by atoms with Gasteiger partial charge in [-0.2, -0.15) is 0 Å². The smallest absolute Gasteiger partial charge is 0.162 e. The fourth-order valence-electron chi connectivity index (χ4n) is 4.26. The van der Waals surface area contributed by atoms with Crippen LogP contribution < -0.4 is 14.4 Å². The van der Waals surface area contributed by atoms with Gasteiger partial charge in [-0.25, -0.2) is 9.97 Å². The van der Waals surface area contributed by atoms with Gasteiger partial charge in [0.15, 0.2) is 11.5 Å². The highest BCUT2D eigenvalue weighted by Crippen LogP contribution is 2.36. The quantitative estimate of drug-likeness (QED) is 0.472. The number of methoxy groups -OCH3 is 2. The summed E-state index contributed by atoms with van der Waals surface area (Å²) < 4.78 is 11.1. The summed E-state index contributed by atoms with van der Waals surface area (Å²) >= 11 is 0. The van der Waals surface area contributed by atoms with Gasteiger partial charge >= 0.3 is 0 Å². The van der Waals surface area contributed by atoms with Crippen molar-refractivity contribution in [3.05, 3.63) is 89.2 Å². The van der Waals surface area contributed by atoms with E-state index in [4.69, 9.17) is 19.4 Å². The van der Waals surface area contributed by atoms with Crippen molar-refractivity contribution in [3.8, 4) is 11.5 Å². The van der Waals surface area contributed by atoms with Crippen LogP contribution in [0, 0.1) is 0 Å². The van der Waals surface area contributed by atoms with E-state index in [9.17, 15) is 0 Å². The number of hydrogen-bond donors (Lipinski definition) is 0. The van der Waals surface area contributed by atoms with Gasteiger partial charge in [-0.15, -0.1) is 0 Å². The highest BCUT2D eigenvalue weighted by Gasteiger charge is 2.22. The highest BCUT2D eigenvalue weighted by atomic mass is 16.5. The Bertz CT molecular complexity index is 1220. The monoisotopic (exact) mass is 411 g/mol. The van der Waals surface area contributed by atoms with Gasteiger partial charge in [0, 0.05) is 31.0 Å². The molecule has 0 atom stereocenters. The molecule has 5 heteroatoms. The number of anilines is 1. The molecule has 0 amide bonds. The number of hydrogen-bond acceptors (Lipinski definition) is 5. The molecule has 0 fully saturated rings. The number of rotatable bonds is 5. The second-order valence-electron chi connectivity index (χ2n) is 7.79. The third-order valence-corrected chi connectivity index (χ3v) is 5.86. The van der Waals surface area contributed by atoms with Crippen molar-refractivity contribution in [1.82, 2.24) is 9.97 Å². The fourth-order valence-corrected chi connectivity index (χ4v) is 4.26. The van der Waals surface area contributed by atoms with Crippen molar-refractivity contribution < 1.29 is 9.47 Å². The van der Waals surface area contributed by atoms with E-state index in [1.807, 2.05) is 30.3 Å². The minimum Gasteiger partial charge on any atom is -0.493 e. The van der Waals surface area contributed by atoms with Crippen LogP contribution >= 0.6 is 0 Å². The summed E-state index contributed by atoms with van der Waals surface area (Å²) in [5.74, 6) is 3.12. The van der Waals surface area contributed by atoms with Crippen molar-refractivity contribution in [1.29, 1.82) is 0 Å². The van der Waals surface area contributed by atoms with Gasteiger partial charge in [0.1, 0.15) is 11.6 Å². The first-order chi connectivity index (χ1) is 15.2. The molecule has 5 rings (SSSR count). The molecule has 0 saturated heterocycles. The number of nitrogens with zero attached hydrogens (tertiary/aromatic N) is 3. The summed E-state index contributed by atoms with van der Waals surface area (Å²) in [6, 6.07) is 22.9. The molecule has 0 radical (unpaired) electrons. The van der Waals surface area contributed by atoms with Gasteiger partial charge in [-0.1, -0.05) is 54.6 Å². The first-order valence-electron chi connectivity index (χ1n) is 10.5. The van der Waals surface area contributed by atoms with E-state index in [2.05, 4.69) is 41.3 Å². The van der Waals surface area contributed by atoms with Crippen LogP contribution in [0.15, 0.2) is 66.7 Å². The Labute approximate surface area is 182 Å². The lowest BCUT2D eigenvalue weighted by Gasteiger charge is -2.31. The predicted octanol–water partition coefficient (Wildman–Crippen LogP) is 4.80. The van der Waals surface area contributed by atoms with E-state index in [0.29, 0.717) is 17.9 Å². The lowest BCUT2D eigenvalue weighted by atomic mass is 9.99. The molecule has 31 heavy (non-hydrogen) atoms. The summed E-state index contributed by atoms with van der Waals surface area (Å²) in [7, 11) is 3.31. The zero-order valence-electron chi connectivity index (χ0n) is 17.8. The van der Waals surface area contributed by atoms with Crippen LogP contribution in [0.5, 0.6) is 11.5 Å².